The molecule has 0 aliphatic heterocycles. The standard InChI is InChI=1S/C20H13ClFN7OS/c1-10-13-4-3-12(22)9-16(13)31-18(10)20(30)23-17-6-7-29(26-17)15-5-2-11(21)8-14(15)19-24-27-28-25-19/h2-9H,1H3,(H,23,26,30)(H,24,25,27,28). The lowest BCUT2D eigenvalue weighted by Crippen LogP contribution is -2.12. The van der Waals surface area contributed by atoms with E-state index in [0.717, 1.165) is 15.6 Å². The molecule has 5 rings (SSSR count). The lowest BCUT2D eigenvalue weighted by atomic mass is 10.1. The number of H-pyrrole nitrogens is 1. The molecule has 0 fully saturated rings. The van der Waals surface area contributed by atoms with Crippen LogP contribution in [0.25, 0.3) is 27.2 Å². The molecule has 1 amide bonds. The van der Waals surface area contributed by atoms with Gasteiger partial charge in [-0.05, 0) is 53.4 Å². The van der Waals surface area contributed by atoms with Gasteiger partial charge in [-0.3, -0.25) is 4.79 Å². The average molecular weight is 454 g/mol. The Morgan fingerprint density at radius 3 is 2.90 bits per heavy atom. The van der Waals surface area contributed by atoms with Crippen molar-refractivity contribution in [2.45, 2.75) is 6.92 Å². The second-order valence-electron chi connectivity index (χ2n) is 6.69. The first kappa shape index (κ1) is 19.3. The fourth-order valence-corrected chi connectivity index (χ4v) is 4.58. The van der Waals surface area contributed by atoms with Crippen LogP contribution in [-0.2, 0) is 0 Å². The van der Waals surface area contributed by atoms with Crippen LogP contribution in [0.5, 0.6) is 0 Å². The molecular formula is C20H13ClFN7OS. The first-order chi connectivity index (χ1) is 15.0. The monoisotopic (exact) mass is 453 g/mol. The van der Waals surface area contributed by atoms with Crippen molar-refractivity contribution in [1.82, 2.24) is 30.4 Å². The van der Waals surface area contributed by atoms with Gasteiger partial charge in [-0.2, -0.15) is 10.3 Å². The number of carbonyl (C=O) groups is 1. The van der Waals surface area contributed by atoms with Crippen molar-refractivity contribution in [2.75, 3.05) is 5.32 Å². The summed E-state index contributed by atoms with van der Waals surface area (Å²) in [6.07, 6.45) is 1.70. The highest BCUT2D eigenvalue weighted by Gasteiger charge is 2.18. The molecule has 0 atom stereocenters. The largest absolute Gasteiger partial charge is 0.304 e. The Morgan fingerprint density at radius 1 is 1.23 bits per heavy atom. The Morgan fingerprint density at radius 2 is 2.10 bits per heavy atom. The number of fused-ring (bicyclic) bond motifs is 1. The van der Waals surface area contributed by atoms with Crippen LogP contribution in [0.4, 0.5) is 10.2 Å². The van der Waals surface area contributed by atoms with Crippen LogP contribution < -0.4 is 5.32 Å². The van der Waals surface area contributed by atoms with Crippen molar-refractivity contribution in [2.24, 2.45) is 0 Å². The number of amides is 1. The van der Waals surface area contributed by atoms with Gasteiger partial charge in [0.2, 0.25) is 5.82 Å². The molecule has 0 aliphatic carbocycles. The third kappa shape index (κ3) is 3.56. The minimum Gasteiger partial charge on any atom is -0.304 e. The van der Waals surface area contributed by atoms with Crippen LogP contribution in [0.3, 0.4) is 0 Å². The van der Waals surface area contributed by atoms with Crippen molar-refractivity contribution in [3.8, 4) is 17.1 Å². The van der Waals surface area contributed by atoms with Crippen molar-refractivity contribution >= 4 is 44.7 Å². The molecule has 31 heavy (non-hydrogen) atoms. The van der Waals surface area contributed by atoms with Gasteiger partial charge in [0.05, 0.1) is 16.1 Å². The third-order valence-corrected chi connectivity index (χ3v) is 6.22. The molecule has 2 aromatic carbocycles. The number of hydrogen-bond acceptors (Lipinski definition) is 6. The smallest absolute Gasteiger partial charge is 0.267 e. The van der Waals surface area contributed by atoms with Crippen LogP contribution in [0.2, 0.25) is 5.02 Å². The summed E-state index contributed by atoms with van der Waals surface area (Å²) >= 11 is 7.37. The summed E-state index contributed by atoms with van der Waals surface area (Å²) in [5.41, 5.74) is 2.10. The molecule has 0 bridgehead atoms. The number of tetrazole rings is 1. The van der Waals surface area contributed by atoms with Crippen LogP contribution in [-0.4, -0.2) is 36.3 Å². The Bertz CT molecular complexity index is 1430. The highest BCUT2D eigenvalue weighted by atomic mass is 35.5. The van der Waals surface area contributed by atoms with E-state index in [1.807, 2.05) is 6.92 Å². The summed E-state index contributed by atoms with van der Waals surface area (Å²) in [5.74, 6) is 0.0902. The number of carbonyl (C=O) groups excluding carboxylic acids is 1. The van der Waals surface area contributed by atoms with E-state index in [0.29, 0.717) is 32.8 Å². The van der Waals surface area contributed by atoms with E-state index in [9.17, 15) is 9.18 Å². The number of halogens is 2. The molecule has 3 heterocycles. The van der Waals surface area contributed by atoms with Crippen molar-refractivity contribution < 1.29 is 9.18 Å². The number of thiophene rings is 1. The van der Waals surface area contributed by atoms with E-state index in [4.69, 9.17) is 11.6 Å². The lowest BCUT2D eigenvalue weighted by Gasteiger charge is -2.07. The van der Waals surface area contributed by atoms with E-state index in [1.54, 1.807) is 41.2 Å². The second kappa shape index (κ2) is 7.56. The van der Waals surface area contributed by atoms with Gasteiger partial charge in [0.1, 0.15) is 5.82 Å². The fourth-order valence-electron chi connectivity index (χ4n) is 3.28. The maximum Gasteiger partial charge on any atom is 0.267 e. The van der Waals surface area contributed by atoms with Gasteiger partial charge < -0.3 is 5.32 Å². The molecule has 0 saturated heterocycles. The van der Waals surface area contributed by atoms with Gasteiger partial charge in [-0.25, -0.2) is 9.07 Å². The normalized spacial score (nSPS) is 11.2. The summed E-state index contributed by atoms with van der Waals surface area (Å²) < 4.78 is 15.8. The summed E-state index contributed by atoms with van der Waals surface area (Å²) in [6, 6.07) is 11.4. The minimum atomic E-state index is -0.333. The number of anilines is 1. The molecule has 0 spiro atoms. The number of aryl methyl sites for hydroxylation is 1. The van der Waals surface area contributed by atoms with Crippen LogP contribution >= 0.6 is 22.9 Å². The zero-order valence-electron chi connectivity index (χ0n) is 15.9. The number of aromatic amines is 1. The van der Waals surface area contributed by atoms with Crippen molar-refractivity contribution in [3.05, 3.63) is 69.9 Å². The molecule has 0 radical (unpaired) electrons. The van der Waals surface area contributed by atoms with Gasteiger partial charge in [0, 0.05) is 22.0 Å². The molecule has 0 unspecified atom stereocenters. The summed E-state index contributed by atoms with van der Waals surface area (Å²) in [7, 11) is 0. The zero-order chi connectivity index (χ0) is 21.5. The van der Waals surface area contributed by atoms with E-state index in [-0.39, 0.29) is 11.7 Å². The molecule has 154 valence electrons. The molecule has 11 heteroatoms. The topological polar surface area (TPSA) is 101 Å². The maximum atomic E-state index is 13.5. The first-order valence-corrected chi connectivity index (χ1v) is 10.3. The molecule has 8 nitrogen and oxygen atoms in total. The molecule has 5 aromatic rings. The van der Waals surface area contributed by atoms with Crippen LogP contribution in [0.1, 0.15) is 15.2 Å². The van der Waals surface area contributed by atoms with E-state index >= 15 is 0 Å². The van der Waals surface area contributed by atoms with Gasteiger partial charge in [0.25, 0.3) is 5.91 Å². The van der Waals surface area contributed by atoms with E-state index in [1.165, 1.54) is 23.5 Å². The van der Waals surface area contributed by atoms with E-state index < -0.39 is 0 Å². The average Bonchev–Trinajstić information content (AvgIpc) is 3.49. The summed E-state index contributed by atoms with van der Waals surface area (Å²) in [6.45, 7) is 1.84. The second-order valence-corrected chi connectivity index (χ2v) is 8.18. The number of aromatic nitrogens is 6. The van der Waals surface area contributed by atoms with Crippen LogP contribution in [0.15, 0.2) is 48.7 Å². The number of rotatable bonds is 4. The van der Waals surface area contributed by atoms with Crippen LogP contribution in [0, 0.1) is 12.7 Å². The Hall–Kier alpha value is -3.63. The molecular weight excluding hydrogens is 441 g/mol. The fraction of sp³-hybridized carbons (Fsp3) is 0.0500. The molecule has 0 aliphatic rings. The number of benzene rings is 2. The van der Waals surface area contributed by atoms with Crippen molar-refractivity contribution in [3.63, 3.8) is 0 Å². The van der Waals surface area contributed by atoms with E-state index in [2.05, 4.69) is 31.0 Å². The lowest BCUT2D eigenvalue weighted by molar-refractivity contribution is 0.102. The third-order valence-electron chi connectivity index (χ3n) is 4.73. The molecule has 2 N–H and O–H groups in total. The maximum absolute atomic E-state index is 13.5. The van der Waals surface area contributed by atoms with Crippen molar-refractivity contribution in [1.29, 1.82) is 0 Å². The van der Waals surface area contributed by atoms with Gasteiger partial charge in [-0.15, -0.1) is 21.5 Å². The highest BCUT2D eigenvalue weighted by Crippen LogP contribution is 2.32. The SMILES string of the molecule is Cc1c(C(=O)Nc2ccn(-c3ccc(Cl)cc3-c3nn[nH]n3)n2)sc2cc(F)ccc12. The molecule has 3 aromatic heterocycles. The predicted octanol–water partition coefficient (Wildman–Crippen LogP) is 4.62. The molecule has 0 saturated carbocycles. The Kier molecular flexibility index (Phi) is 4.72. The first-order valence-electron chi connectivity index (χ1n) is 9.09. The number of nitrogens with zero attached hydrogens (tertiary/aromatic N) is 5. The summed E-state index contributed by atoms with van der Waals surface area (Å²) in [4.78, 5) is 13.3. The minimum absolute atomic E-state index is 0.307. The summed E-state index contributed by atoms with van der Waals surface area (Å²) in [5, 5.41) is 22.6. The predicted molar refractivity (Wildman–Crippen MR) is 116 cm³/mol. The Labute approximate surface area is 183 Å². The van der Waals surface area contributed by atoms with Gasteiger partial charge in [-0.1, -0.05) is 17.7 Å². The van der Waals surface area contributed by atoms with Gasteiger partial charge in [0.15, 0.2) is 5.82 Å². The van der Waals surface area contributed by atoms with Gasteiger partial charge >= 0.3 is 0 Å². The quantitative estimate of drug-likeness (QED) is 0.413. The zero-order valence-corrected chi connectivity index (χ0v) is 17.5. The Balaban J connectivity index is 1.45. The number of nitrogens with one attached hydrogen (secondary N) is 2. The number of hydrogen-bond donors (Lipinski definition) is 2. The highest BCUT2D eigenvalue weighted by molar-refractivity contribution is 7.21.